The topological polar surface area (TPSA) is 38.9 Å². The van der Waals surface area contributed by atoms with E-state index in [1.54, 1.807) is 11.3 Å². The van der Waals surface area contributed by atoms with Crippen LogP contribution in [0.25, 0.3) is 11.3 Å². The molecule has 16 heavy (non-hydrogen) atoms. The molecule has 2 aromatic rings. The molecule has 82 valence electrons. The highest BCUT2D eigenvalue weighted by atomic mass is 32.1. The largest absolute Gasteiger partial charge is 0.322 e. The lowest BCUT2D eigenvalue weighted by Crippen LogP contribution is -2.04. The summed E-state index contributed by atoms with van der Waals surface area (Å²) >= 11 is 1.77. The number of hydrogen-bond donors (Lipinski definition) is 1. The van der Waals surface area contributed by atoms with E-state index >= 15 is 0 Å². The Kier molecular flexibility index (Phi) is 2.30. The van der Waals surface area contributed by atoms with Crippen LogP contribution in [0.2, 0.25) is 0 Å². The molecule has 1 aromatic carbocycles. The summed E-state index contributed by atoms with van der Waals surface area (Å²) in [5.74, 6) is 0. The Morgan fingerprint density at radius 3 is 2.94 bits per heavy atom. The van der Waals surface area contributed by atoms with Crippen LogP contribution in [0.4, 0.5) is 0 Å². The molecule has 1 heterocycles. The molecule has 0 aliphatic heterocycles. The molecule has 1 aromatic heterocycles. The Bertz CT molecular complexity index is 528. The highest BCUT2D eigenvalue weighted by Gasteiger charge is 2.21. The van der Waals surface area contributed by atoms with Crippen molar-refractivity contribution < 1.29 is 0 Å². The summed E-state index contributed by atoms with van der Waals surface area (Å²) in [7, 11) is 0. The first-order chi connectivity index (χ1) is 7.75. The third-order valence-electron chi connectivity index (χ3n) is 3.00. The number of fused-ring (bicyclic) bond motifs is 3. The Hall–Kier alpha value is -1.19. The summed E-state index contributed by atoms with van der Waals surface area (Å²) in [5, 5.41) is 1.06. The van der Waals surface area contributed by atoms with Gasteiger partial charge in [-0.15, -0.1) is 11.3 Å². The molecule has 0 bridgehead atoms. The van der Waals surface area contributed by atoms with Gasteiger partial charge >= 0.3 is 0 Å². The van der Waals surface area contributed by atoms with Gasteiger partial charge in [-0.3, -0.25) is 0 Å². The van der Waals surface area contributed by atoms with Crippen LogP contribution in [0, 0.1) is 0 Å². The summed E-state index contributed by atoms with van der Waals surface area (Å²) in [6, 6.07) is 8.59. The van der Waals surface area contributed by atoms with Gasteiger partial charge in [-0.25, -0.2) is 4.98 Å². The van der Waals surface area contributed by atoms with Crippen molar-refractivity contribution in [3.05, 3.63) is 39.7 Å². The predicted molar refractivity (Wildman–Crippen MR) is 67.6 cm³/mol. The van der Waals surface area contributed by atoms with Crippen molar-refractivity contribution in [2.75, 3.05) is 0 Å². The van der Waals surface area contributed by atoms with Crippen LogP contribution in [-0.2, 0) is 12.8 Å². The maximum absolute atomic E-state index is 5.89. The fourth-order valence-corrected chi connectivity index (χ4v) is 3.19. The lowest BCUT2D eigenvalue weighted by atomic mass is 9.94. The number of nitrogens with two attached hydrogens (primary N) is 1. The van der Waals surface area contributed by atoms with E-state index < -0.39 is 0 Å². The molecule has 1 aliphatic carbocycles. The first kappa shape index (κ1) is 10.00. The van der Waals surface area contributed by atoms with Gasteiger partial charge in [-0.2, -0.15) is 0 Å². The van der Waals surface area contributed by atoms with E-state index in [0.29, 0.717) is 0 Å². The van der Waals surface area contributed by atoms with Crippen LogP contribution in [0.15, 0.2) is 24.3 Å². The Labute approximate surface area is 99.1 Å². The molecule has 1 atom stereocenters. The van der Waals surface area contributed by atoms with Crippen molar-refractivity contribution in [2.45, 2.75) is 25.8 Å². The van der Waals surface area contributed by atoms with Crippen molar-refractivity contribution in [3.8, 4) is 11.3 Å². The van der Waals surface area contributed by atoms with E-state index in [-0.39, 0.29) is 6.04 Å². The number of aryl methyl sites for hydroxylation is 2. The van der Waals surface area contributed by atoms with E-state index in [4.69, 9.17) is 5.73 Å². The SMILES string of the molecule is CC(N)c1nc2c(s1)CCc1ccccc1-2. The van der Waals surface area contributed by atoms with Crippen molar-refractivity contribution in [3.63, 3.8) is 0 Å². The average Bonchev–Trinajstić information content (AvgIpc) is 2.73. The summed E-state index contributed by atoms with van der Waals surface area (Å²) in [6.45, 7) is 2.00. The van der Waals surface area contributed by atoms with Gasteiger partial charge in [0.05, 0.1) is 11.7 Å². The monoisotopic (exact) mass is 230 g/mol. The minimum absolute atomic E-state index is 0.0442. The number of aromatic nitrogens is 1. The zero-order chi connectivity index (χ0) is 11.1. The van der Waals surface area contributed by atoms with E-state index in [9.17, 15) is 0 Å². The highest BCUT2D eigenvalue weighted by molar-refractivity contribution is 7.12. The Morgan fingerprint density at radius 1 is 1.31 bits per heavy atom. The van der Waals surface area contributed by atoms with E-state index in [1.807, 2.05) is 6.92 Å². The smallest absolute Gasteiger partial charge is 0.110 e. The number of hydrogen-bond acceptors (Lipinski definition) is 3. The van der Waals surface area contributed by atoms with Crippen LogP contribution < -0.4 is 5.73 Å². The first-order valence-electron chi connectivity index (χ1n) is 5.59. The number of benzene rings is 1. The maximum Gasteiger partial charge on any atom is 0.110 e. The van der Waals surface area contributed by atoms with Crippen LogP contribution in [0.5, 0.6) is 0 Å². The molecule has 2 nitrogen and oxygen atoms in total. The fourth-order valence-electron chi connectivity index (χ4n) is 2.16. The van der Waals surface area contributed by atoms with E-state index in [2.05, 4.69) is 29.2 Å². The minimum atomic E-state index is 0.0442. The lowest BCUT2D eigenvalue weighted by molar-refractivity contribution is 0.807. The predicted octanol–water partition coefficient (Wildman–Crippen LogP) is 2.93. The van der Waals surface area contributed by atoms with Crippen molar-refractivity contribution in [2.24, 2.45) is 5.73 Å². The molecular weight excluding hydrogens is 216 g/mol. The average molecular weight is 230 g/mol. The van der Waals surface area contributed by atoms with Gasteiger partial charge in [0.15, 0.2) is 0 Å². The van der Waals surface area contributed by atoms with E-state index in [0.717, 1.165) is 17.8 Å². The second kappa shape index (κ2) is 3.68. The first-order valence-corrected chi connectivity index (χ1v) is 6.41. The molecule has 3 heteroatoms. The van der Waals surface area contributed by atoms with Crippen molar-refractivity contribution >= 4 is 11.3 Å². The third-order valence-corrected chi connectivity index (χ3v) is 4.31. The Morgan fingerprint density at radius 2 is 2.12 bits per heavy atom. The molecule has 0 fully saturated rings. The maximum atomic E-state index is 5.89. The van der Waals surface area contributed by atoms with Gasteiger partial charge in [0.2, 0.25) is 0 Å². The summed E-state index contributed by atoms with van der Waals surface area (Å²) in [6.07, 6.45) is 2.24. The molecular formula is C13H14N2S. The summed E-state index contributed by atoms with van der Waals surface area (Å²) < 4.78 is 0. The summed E-state index contributed by atoms with van der Waals surface area (Å²) in [5.41, 5.74) is 9.77. The second-order valence-electron chi connectivity index (χ2n) is 4.27. The molecule has 0 spiro atoms. The summed E-state index contributed by atoms with van der Waals surface area (Å²) in [4.78, 5) is 6.08. The molecule has 0 saturated heterocycles. The van der Waals surface area contributed by atoms with Gasteiger partial charge in [0.25, 0.3) is 0 Å². The minimum Gasteiger partial charge on any atom is -0.322 e. The molecule has 1 aliphatic rings. The van der Waals surface area contributed by atoms with Crippen LogP contribution >= 0.6 is 11.3 Å². The zero-order valence-electron chi connectivity index (χ0n) is 9.23. The van der Waals surface area contributed by atoms with Gasteiger partial charge in [0.1, 0.15) is 5.01 Å². The zero-order valence-corrected chi connectivity index (χ0v) is 10.1. The van der Waals surface area contributed by atoms with Crippen molar-refractivity contribution in [1.29, 1.82) is 0 Å². The van der Waals surface area contributed by atoms with Gasteiger partial charge in [0, 0.05) is 10.4 Å². The number of nitrogens with zero attached hydrogens (tertiary/aromatic N) is 1. The van der Waals surface area contributed by atoms with Crippen LogP contribution in [0.3, 0.4) is 0 Å². The van der Waals surface area contributed by atoms with Crippen molar-refractivity contribution in [1.82, 2.24) is 4.98 Å². The standard InChI is InChI=1S/C13H14N2S/c1-8(14)13-15-12-10-5-3-2-4-9(10)6-7-11(12)16-13/h2-5,8H,6-7,14H2,1H3. The van der Waals surface area contributed by atoms with Gasteiger partial charge < -0.3 is 5.73 Å². The molecule has 0 saturated carbocycles. The third kappa shape index (κ3) is 1.47. The van der Waals surface area contributed by atoms with Gasteiger partial charge in [-0.1, -0.05) is 24.3 Å². The lowest BCUT2D eigenvalue weighted by Gasteiger charge is -2.13. The Balaban J connectivity index is 2.17. The molecule has 0 radical (unpaired) electrons. The van der Waals surface area contributed by atoms with Gasteiger partial charge in [-0.05, 0) is 25.3 Å². The highest BCUT2D eigenvalue weighted by Crippen LogP contribution is 2.37. The fraction of sp³-hybridized carbons (Fsp3) is 0.308. The number of rotatable bonds is 1. The van der Waals surface area contributed by atoms with Crippen LogP contribution in [-0.4, -0.2) is 4.98 Å². The normalized spacial score (nSPS) is 15.4. The molecule has 2 N–H and O–H groups in total. The molecule has 1 unspecified atom stereocenters. The number of thiazole rings is 1. The van der Waals surface area contributed by atoms with E-state index in [1.165, 1.54) is 21.7 Å². The molecule has 3 rings (SSSR count). The quantitative estimate of drug-likeness (QED) is 0.818. The molecule has 0 amide bonds. The van der Waals surface area contributed by atoms with Crippen LogP contribution in [0.1, 0.15) is 28.4 Å². The second-order valence-corrected chi connectivity index (χ2v) is 5.38.